The lowest BCUT2D eigenvalue weighted by Gasteiger charge is -2.37. The number of nitrogens with one attached hydrogen (secondary N) is 1. The molecule has 1 N–H and O–H groups in total. The molecule has 6 nitrogen and oxygen atoms in total. The summed E-state index contributed by atoms with van der Waals surface area (Å²) in [5.74, 6) is 0.289. The Bertz CT molecular complexity index is 895. The first kappa shape index (κ1) is 20.5. The van der Waals surface area contributed by atoms with E-state index in [1.165, 1.54) is 6.92 Å². The quantitative estimate of drug-likeness (QED) is 0.767. The lowest BCUT2D eigenvalue weighted by atomic mass is 10.1. The van der Waals surface area contributed by atoms with E-state index in [1.807, 2.05) is 54.6 Å². The van der Waals surface area contributed by atoms with Crippen LogP contribution in [0.5, 0.6) is 5.75 Å². The van der Waals surface area contributed by atoms with Gasteiger partial charge in [-0.1, -0.05) is 42.5 Å². The SMILES string of the molecule is CCN1C[C@@H](CN(C)C(=O)/C(=C/c2ccccc2)NC(C)=O)Oc2ccccc21. The van der Waals surface area contributed by atoms with Gasteiger partial charge in [0.1, 0.15) is 17.6 Å². The van der Waals surface area contributed by atoms with Crippen LogP contribution in [0.3, 0.4) is 0 Å². The topological polar surface area (TPSA) is 61.9 Å². The van der Waals surface area contributed by atoms with Crippen molar-refractivity contribution in [1.82, 2.24) is 10.2 Å². The molecule has 2 aromatic carbocycles. The molecule has 3 rings (SSSR count). The van der Waals surface area contributed by atoms with E-state index in [0.29, 0.717) is 13.1 Å². The van der Waals surface area contributed by atoms with Gasteiger partial charge in [0.15, 0.2) is 0 Å². The zero-order valence-electron chi connectivity index (χ0n) is 17.1. The van der Waals surface area contributed by atoms with E-state index in [-0.39, 0.29) is 23.6 Å². The molecule has 0 radical (unpaired) electrons. The second-order valence-electron chi connectivity index (χ2n) is 7.08. The molecule has 2 amide bonds. The summed E-state index contributed by atoms with van der Waals surface area (Å²) >= 11 is 0. The van der Waals surface area contributed by atoms with Crippen molar-refractivity contribution in [3.8, 4) is 5.75 Å². The average molecular weight is 393 g/mol. The fourth-order valence-corrected chi connectivity index (χ4v) is 3.42. The van der Waals surface area contributed by atoms with E-state index in [1.54, 1.807) is 18.0 Å². The van der Waals surface area contributed by atoms with E-state index < -0.39 is 0 Å². The highest BCUT2D eigenvalue weighted by atomic mass is 16.5. The van der Waals surface area contributed by atoms with Gasteiger partial charge in [-0.2, -0.15) is 0 Å². The van der Waals surface area contributed by atoms with Gasteiger partial charge in [-0.25, -0.2) is 0 Å². The molecule has 0 saturated carbocycles. The standard InChI is InChI=1S/C23H27N3O3/c1-4-26-16-19(29-22-13-9-8-12-21(22)26)15-25(3)23(28)20(24-17(2)27)14-18-10-6-5-7-11-18/h5-14,19H,4,15-16H2,1-3H3,(H,24,27)/b20-14-/t19-/m1/s1. The van der Waals surface area contributed by atoms with E-state index in [9.17, 15) is 9.59 Å². The second-order valence-corrected chi connectivity index (χ2v) is 7.08. The Morgan fingerprint density at radius 1 is 1.17 bits per heavy atom. The number of anilines is 1. The number of carbonyl (C=O) groups excluding carboxylic acids is 2. The minimum atomic E-state index is -0.283. The average Bonchev–Trinajstić information content (AvgIpc) is 2.72. The summed E-state index contributed by atoms with van der Waals surface area (Å²) in [6.45, 7) is 5.47. The maximum Gasteiger partial charge on any atom is 0.270 e. The van der Waals surface area contributed by atoms with Crippen LogP contribution >= 0.6 is 0 Å². The molecular weight excluding hydrogens is 366 g/mol. The fourth-order valence-electron chi connectivity index (χ4n) is 3.42. The van der Waals surface area contributed by atoms with Crippen LogP contribution in [-0.2, 0) is 9.59 Å². The summed E-state index contributed by atoms with van der Waals surface area (Å²) in [5, 5.41) is 2.66. The smallest absolute Gasteiger partial charge is 0.270 e. The monoisotopic (exact) mass is 393 g/mol. The number of rotatable bonds is 6. The van der Waals surface area contributed by atoms with Crippen molar-refractivity contribution in [3.63, 3.8) is 0 Å². The molecule has 1 atom stereocenters. The summed E-state index contributed by atoms with van der Waals surface area (Å²) in [7, 11) is 1.73. The minimum Gasteiger partial charge on any atom is -0.485 e. The molecule has 2 aromatic rings. The molecule has 0 unspecified atom stereocenters. The molecule has 1 heterocycles. The number of nitrogens with zero attached hydrogens (tertiary/aromatic N) is 2. The highest BCUT2D eigenvalue weighted by molar-refractivity contribution is 6.00. The molecular formula is C23H27N3O3. The Hall–Kier alpha value is -3.28. The molecule has 0 spiro atoms. The van der Waals surface area contributed by atoms with Crippen LogP contribution in [0.4, 0.5) is 5.69 Å². The van der Waals surface area contributed by atoms with Gasteiger partial charge >= 0.3 is 0 Å². The molecule has 0 saturated heterocycles. The van der Waals surface area contributed by atoms with E-state index in [0.717, 1.165) is 23.5 Å². The van der Waals surface area contributed by atoms with Gasteiger partial charge in [-0.15, -0.1) is 0 Å². The van der Waals surface area contributed by atoms with Gasteiger partial charge in [-0.05, 0) is 30.7 Å². The van der Waals surface area contributed by atoms with Gasteiger partial charge in [0, 0.05) is 20.5 Å². The fraction of sp³-hybridized carbons (Fsp3) is 0.304. The molecule has 29 heavy (non-hydrogen) atoms. The van der Waals surface area contributed by atoms with Crippen molar-refractivity contribution in [1.29, 1.82) is 0 Å². The lowest BCUT2D eigenvalue weighted by Crippen LogP contribution is -2.47. The molecule has 0 aliphatic carbocycles. The third-order valence-corrected chi connectivity index (χ3v) is 4.78. The number of likely N-dealkylation sites (N-methyl/N-ethyl adjacent to an activating group) is 2. The molecule has 6 heteroatoms. The summed E-state index contributed by atoms with van der Waals surface area (Å²) in [6.07, 6.45) is 1.53. The Morgan fingerprint density at radius 2 is 1.86 bits per heavy atom. The molecule has 1 aliphatic rings. The van der Waals surface area contributed by atoms with Crippen molar-refractivity contribution >= 4 is 23.6 Å². The van der Waals surface area contributed by atoms with Crippen LogP contribution in [0.15, 0.2) is 60.3 Å². The summed E-state index contributed by atoms with van der Waals surface area (Å²) < 4.78 is 6.12. The maximum atomic E-state index is 13.0. The van der Waals surface area contributed by atoms with Crippen molar-refractivity contribution in [3.05, 3.63) is 65.9 Å². The van der Waals surface area contributed by atoms with E-state index in [4.69, 9.17) is 4.74 Å². The van der Waals surface area contributed by atoms with E-state index >= 15 is 0 Å². The number of amides is 2. The Labute approximate surface area is 171 Å². The Morgan fingerprint density at radius 3 is 2.55 bits per heavy atom. The summed E-state index contributed by atoms with van der Waals surface area (Å²) in [6, 6.07) is 17.4. The van der Waals surface area contributed by atoms with Crippen LogP contribution in [0.2, 0.25) is 0 Å². The number of ether oxygens (including phenoxy) is 1. The number of fused-ring (bicyclic) bond motifs is 1. The molecule has 152 valence electrons. The largest absolute Gasteiger partial charge is 0.485 e. The predicted octanol–water partition coefficient (Wildman–Crippen LogP) is 2.91. The zero-order chi connectivity index (χ0) is 20.8. The first-order valence-corrected chi connectivity index (χ1v) is 9.78. The van der Waals surface area contributed by atoms with Crippen LogP contribution in [0.25, 0.3) is 6.08 Å². The van der Waals surface area contributed by atoms with Gasteiger partial charge in [0.05, 0.1) is 18.8 Å². The van der Waals surface area contributed by atoms with Gasteiger partial charge in [-0.3, -0.25) is 9.59 Å². The third-order valence-electron chi connectivity index (χ3n) is 4.78. The van der Waals surface area contributed by atoms with E-state index in [2.05, 4.69) is 17.1 Å². The highest BCUT2D eigenvalue weighted by Gasteiger charge is 2.27. The number of carbonyl (C=O) groups is 2. The predicted molar refractivity (Wildman–Crippen MR) is 115 cm³/mol. The van der Waals surface area contributed by atoms with Crippen LogP contribution in [-0.4, -0.2) is 49.5 Å². The first-order valence-electron chi connectivity index (χ1n) is 9.78. The Kier molecular flexibility index (Phi) is 6.54. The third kappa shape index (κ3) is 5.16. The molecule has 0 bridgehead atoms. The maximum absolute atomic E-state index is 13.0. The van der Waals surface area contributed by atoms with Gasteiger partial charge < -0.3 is 19.9 Å². The Balaban J connectivity index is 1.74. The first-order chi connectivity index (χ1) is 14.0. The van der Waals surface area contributed by atoms with Crippen molar-refractivity contribution in [2.45, 2.75) is 20.0 Å². The zero-order valence-corrected chi connectivity index (χ0v) is 17.1. The summed E-state index contributed by atoms with van der Waals surface area (Å²) in [4.78, 5) is 28.5. The number of para-hydroxylation sites is 2. The van der Waals surface area contributed by atoms with Crippen LogP contribution in [0, 0.1) is 0 Å². The second kappa shape index (κ2) is 9.28. The number of benzene rings is 2. The van der Waals surface area contributed by atoms with Crippen LogP contribution in [0.1, 0.15) is 19.4 Å². The molecule has 0 aromatic heterocycles. The van der Waals surface area contributed by atoms with Crippen molar-refractivity contribution < 1.29 is 14.3 Å². The molecule has 1 aliphatic heterocycles. The van der Waals surface area contributed by atoms with Crippen molar-refractivity contribution in [2.75, 3.05) is 31.6 Å². The van der Waals surface area contributed by atoms with Gasteiger partial charge in [0.25, 0.3) is 5.91 Å². The lowest BCUT2D eigenvalue weighted by molar-refractivity contribution is -0.129. The minimum absolute atomic E-state index is 0.158. The molecule has 0 fully saturated rings. The van der Waals surface area contributed by atoms with Crippen molar-refractivity contribution in [2.24, 2.45) is 0 Å². The van der Waals surface area contributed by atoms with Gasteiger partial charge in [0.2, 0.25) is 5.91 Å². The summed E-state index contributed by atoms with van der Waals surface area (Å²) in [5.41, 5.74) is 2.16. The number of hydrogen-bond donors (Lipinski definition) is 1. The normalized spacial score (nSPS) is 15.9. The number of hydrogen-bond acceptors (Lipinski definition) is 4. The van der Waals surface area contributed by atoms with Crippen LogP contribution < -0.4 is 15.0 Å². The highest BCUT2D eigenvalue weighted by Crippen LogP contribution is 2.32.